The summed E-state index contributed by atoms with van der Waals surface area (Å²) in [5.74, 6) is -0.983. The van der Waals surface area contributed by atoms with Crippen molar-refractivity contribution < 1.29 is 22.8 Å². The number of halogens is 3. The van der Waals surface area contributed by atoms with E-state index in [9.17, 15) is 22.8 Å². The Morgan fingerprint density at radius 2 is 1.72 bits per heavy atom. The van der Waals surface area contributed by atoms with E-state index in [4.69, 9.17) is 0 Å². The molecule has 1 heterocycles. The van der Waals surface area contributed by atoms with Crippen LogP contribution in [-0.4, -0.2) is 22.8 Å². The lowest BCUT2D eigenvalue weighted by atomic mass is 9.94. The number of nitrogens with one attached hydrogen (secondary N) is 1. The fraction of sp³-hybridized carbons (Fsp3) is 0.370. The number of benzene rings is 2. The van der Waals surface area contributed by atoms with Crippen molar-refractivity contribution in [1.82, 2.24) is 10.3 Å². The van der Waals surface area contributed by atoms with E-state index in [2.05, 4.69) is 10.3 Å². The summed E-state index contributed by atoms with van der Waals surface area (Å²) in [6.45, 7) is 3.49. The molecule has 9 heteroatoms. The van der Waals surface area contributed by atoms with Crippen LogP contribution in [0.3, 0.4) is 0 Å². The normalized spacial score (nSPS) is 15.4. The quantitative estimate of drug-likeness (QED) is 0.402. The van der Waals surface area contributed by atoms with Gasteiger partial charge in [0.05, 0.1) is 16.3 Å². The topological polar surface area (TPSA) is 62.3 Å². The van der Waals surface area contributed by atoms with Crippen LogP contribution in [0.4, 0.5) is 18.9 Å². The zero-order chi connectivity index (χ0) is 25.9. The second-order valence-corrected chi connectivity index (χ2v) is 10.2. The number of para-hydroxylation sites is 1. The number of anilines is 1. The Hall–Kier alpha value is -3.20. The van der Waals surface area contributed by atoms with Gasteiger partial charge < -0.3 is 5.32 Å². The van der Waals surface area contributed by atoms with Crippen LogP contribution >= 0.6 is 11.3 Å². The lowest BCUT2D eigenvalue weighted by Crippen LogP contribution is -2.47. The van der Waals surface area contributed by atoms with Gasteiger partial charge in [0.2, 0.25) is 5.91 Å². The highest BCUT2D eigenvalue weighted by atomic mass is 32.1. The molecule has 1 fully saturated rings. The van der Waals surface area contributed by atoms with Gasteiger partial charge in [-0.1, -0.05) is 49.6 Å². The van der Waals surface area contributed by atoms with E-state index in [1.54, 1.807) is 44.2 Å². The molecule has 0 bridgehead atoms. The summed E-state index contributed by atoms with van der Waals surface area (Å²) in [5, 5.41) is 3.71. The molecule has 4 rings (SSSR count). The van der Waals surface area contributed by atoms with Gasteiger partial charge >= 0.3 is 6.18 Å². The Labute approximate surface area is 212 Å². The molecule has 1 aromatic heterocycles. The summed E-state index contributed by atoms with van der Waals surface area (Å²) in [6.07, 6.45) is 0.0378. The van der Waals surface area contributed by atoms with Crippen molar-refractivity contribution in [3.05, 3.63) is 81.3 Å². The van der Waals surface area contributed by atoms with Gasteiger partial charge in [0.1, 0.15) is 10.9 Å². The molecule has 1 aliphatic rings. The largest absolute Gasteiger partial charge is 0.416 e. The lowest BCUT2D eigenvalue weighted by molar-refractivity contribution is -0.137. The third-order valence-corrected chi connectivity index (χ3v) is 7.40. The Morgan fingerprint density at radius 1 is 1.03 bits per heavy atom. The number of aromatic nitrogens is 1. The first-order chi connectivity index (χ1) is 17.1. The minimum atomic E-state index is -4.59. The van der Waals surface area contributed by atoms with E-state index >= 15 is 0 Å². The minimum Gasteiger partial charge on any atom is -0.351 e. The van der Waals surface area contributed by atoms with Crippen molar-refractivity contribution in [2.24, 2.45) is 0 Å². The fourth-order valence-corrected chi connectivity index (χ4v) is 5.50. The second kappa shape index (κ2) is 10.8. The van der Waals surface area contributed by atoms with Crippen LogP contribution in [0.15, 0.2) is 54.6 Å². The van der Waals surface area contributed by atoms with Gasteiger partial charge in [-0.2, -0.15) is 13.2 Å². The van der Waals surface area contributed by atoms with Crippen LogP contribution in [0.1, 0.15) is 69.6 Å². The van der Waals surface area contributed by atoms with Crippen molar-refractivity contribution in [3.63, 3.8) is 0 Å². The molecule has 1 saturated carbocycles. The van der Waals surface area contributed by atoms with Gasteiger partial charge in [0, 0.05) is 11.7 Å². The van der Waals surface area contributed by atoms with E-state index < -0.39 is 29.6 Å². The molecule has 1 atom stereocenters. The number of carbonyl (C=O) groups excluding carboxylic acids is 2. The van der Waals surface area contributed by atoms with Crippen LogP contribution in [0, 0.1) is 13.8 Å². The monoisotopic (exact) mass is 515 g/mol. The first-order valence-electron chi connectivity index (χ1n) is 12.0. The maximum absolute atomic E-state index is 14.0. The number of thiazole rings is 1. The maximum Gasteiger partial charge on any atom is 0.416 e. The molecule has 0 spiro atoms. The van der Waals surface area contributed by atoms with Gasteiger partial charge in [-0.3, -0.25) is 14.5 Å². The number of rotatable bonds is 6. The predicted octanol–water partition coefficient (Wildman–Crippen LogP) is 6.62. The second-order valence-electron chi connectivity index (χ2n) is 9.03. The Kier molecular flexibility index (Phi) is 7.78. The van der Waals surface area contributed by atoms with Gasteiger partial charge in [-0.25, -0.2) is 4.98 Å². The molecule has 3 aromatic rings. The van der Waals surface area contributed by atoms with Crippen LogP contribution in [0.2, 0.25) is 0 Å². The van der Waals surface area contributed by atoms with Crippen molar-refractivity contribution in [2.45, 2.75) is 64.2 Å². The summed E-state index contributed by atoms with van der Waals surface area (Å²) in [4.78, 5) is 33.8. The first kappa shape index (κ1) is 25.9. The number of hydrogen-bond donors (Lipinski definition) is 1. The van der Waals surface area contributed by atoms with Crippen molar-refractivity contribution in [2.75, 3.05) is 4.90 Å². The van der Waals surface area contributed by atoms with Gasteiger partial charge in [-0.05, 0) is 56.5 Å². The molecule has 0 radical (unpaired) electrons. The molecule has 5 nitrogen and oxygen atoms in total. The number of alkyl halides is 3. The molecule has 190 valence electrons. The summed E-state index contributed by atoms with van der Waals surface area (Å²) < 4.78 is 40.9. The van der Waals surface area contributed by atoms with Gasteiger partial charge in [0.15, 0.2) is 0 Å². The molecule has 1 N–H and O–H groups in total. The summed E-state index contributed by atoms with van der Waals surface area (Å²) >= 11 is 1.20. The molecular formula is C27H28F3N3O2S. The van der Waals surface area contributed by atoms with Gasteiger partial charge in [-0.15, -0.1) is 11.3 Å². The lowest BCUT2D eigenvalue weighted by Gasteiger charge is -2.33. The first-order valence-corrected chi connectivity index (χ1v) is 12.8. The average Bonchev–Trinajstić information content (AvgIpc) is 3.20. The molecular weight excluding hydrogens is 487 g/mol. The Bertz CT molecular complexity index is 1220. The third kappa shape index (κ3) is 5.78. The van der Waals surface area contributed by atoms with Crippen LogP contribution in [-0.2, 0) is 11.0 Å². The molecule has 2 aromatic carbocycles. The number of amides is 2. The van der Waals surface area contributed by atoms with Gasteiger partial charge in [0.25, 0.3) is 5.91 Å². The van der Waals surface area contributed by atoms with Crippen LogP contribution < -0.4 is 10.2 Å². The highest BCUT2D eigenvalue weighted by Gasteiger charge is 2.38. The molecule has 36 heavy (non-hydrogen) atoms. The molecule has 0 aliphatic heterocycles. The zero-order valence-corrected chi connectivity index (χ0v) is 21.0. The fourth-order valence-electron chi connectivity index (χ4n) is 4.64. The van der Waals surface area contributed by atoms with Crippen LogP contribution in [0.5, 0.6) is 0 Å². The van der Waals surface area contributed by atoms with E-state index in [0.29, 0.717) is 21.3 Å². The van der Waals surface area contributed by atoms with Crippen molar-refractivity contribution >= 4 is 28.8 Å². The number of hydrogen-bond acceptors (Lipinski definition) is 4. The summed E-state index contributed by atoms with van der Waals surface area (Å²) in [7, 11) is 0. The van der Waals surface area contributed by atoms with Crippen molar-refractivity contribution in [3.8, 4) is 0 Å². The highest BCUT2D eigenvalue weighted by Crippen LogP contribution is 2.36. The third-order valence-electron chi connectivity index (χ3n) is 6.34. The smallest absolute Gasteiger partial charge is 0.351 e. The zero-order valence-electron chi connectivity index (χ0n) is 20.1. The SMILES string of the molecule is Cc1nc(C)c(C(=O)N(c2ccccc2)C(C(=O)NC2CCCCC2)c2cccc(C(F)(F)F)c2)s1. The molecule has 2 amide bonds. The van der Waals surface area contributed by atoms with E-state index in [-0.39, 0.29) is 11.6 Å². The van der Waals surface area contributed by atoms with E-state index in [1.165, 1.54) is 28.4 Å². The number of aryl methyl sites for hydroxylation is 2. The minimum absolute atomic E-state index is 0.0836. The number of nitrogens with zero attached hydrogens (tertiary/aromatic N) is 2. The van der Waals surface area contributed by atoms with Crippen LogP contribution in [0.25, 0.3) is 0 Å². The highest BCUT2D eigenvalue weighted by molar-refractivity contribution is 7.13. The summed E-state index contributed by atoms with van der Waals surface area (Å²) in [5.41, 5.74) is 0.142. The number of carbonyl (C=O) groups is 2. The van der Waals surface area contributed by atoms with E-state index in [0.717, 1.165) is 44.2 Å². The molecule has 1 aliphatic carbocycles. The van der Waals surface area contributed by atoms with E-state index in [1.807, 2.05) is 0 Å². The maximum atomic E-state index is 14.0. The molecule has 1 unspecified atom stereocenters. The Morgan fingerprint density at radius 3 is 2.33 bits per heavy atom. The average molecular weight is 516 g/mol. The van der Waals surface area contributed by atoms with Crippen molar-refractivity contribution in [1.29, 1.82) is 0 Å². The Balaban J connectivity index is 1.85. The standard InChI is InChI=1S/C27H28F3N3O2S/c1-17-24(36-18(2)31-17)26(35)33(22-14-7-4-8-15-22)23(25(34)32-21-12-5-3-6-13-21)19-10-9-11-20(16-19)27(28,29)30/h4,7-11,14-16,21,23H,3,5-6,12-13H2,1-2H3,(H,32,34). The predicted molar refractivity (Wildman–Crippen MR) is 134 cm³/mol. The summed E-state index contributed by atoms with van der Waals surface area (Å²) in [6, 6.07) is 11.9. The molecule has 0 saturated heterocycles.